The average Bonchev–Trinajstić information content (AvgIpc) is 2.54. The molecule has 5 nitrogen and oxygen atoms in total. The van der Waals surface area contributed by atoms with Gasteiger partial charge in [-0.15, -0.1) is 24.0 Å². The molecule has 2 unspecified atom stereocenters. The van der Waals surface area contributed by atoms with Crippen LogP contribution in [0, 0.1) is 5.92 Å². The van der Waals surface area contributed by atoms with Crippen LogP contribution in [0.1, 0.15) is 24.8 Å². The highest BCUT2D eigenvalue weighted by molar-refractivity contribution is 14.0. The van der Waals surface area contributed by atoms with E-state index in [2.05, 4.69) is 17.0 Å². The van der Waals surface area contributed by atoms with Crippen molar-refractivity contribution < 1.29 is 15.0 Å². The average molecular weight is 434 g/mol. The molecule has 6 heteroatoms. The highest BCUT2D eigenvalue weighted by Crippen LogP contribution is 2.21. The quantitative estimate of drug-likeness (QED) is 0.563. The third-order valence-corrected chi connectivity index (χ3v) is 4.45. The Morgan fingerprint density at radius 3 is 2.39 bits per heavy atom. The van der Waals surface area contributed by atoms with Gasteiger partial charge in [0.1, 0.15) is 6.10 Å². The van der Waals surface area contributed by atoms with E-state index in [1.807, 2.05) is 18.2 Å². The lowest BCUT2D eigenvalue weighted by molar-refractivity contribution is -0.129. The minimum Gasteiger partial charge on any atom is -0.392 e. The predicted molar refractivity (Wildman–Crippen MR) is 101 cm³/mol. The van der Waals surface area contributed by atoms with Crippen molar-refractivity contribution in [3.8, 4) is 0 Å². The lowest BCUT2D eigenvalue weighted by Crippen LogP contribution is -2.44. The monoisotopic (exact) mass is 434 g/mol. The van der Waals surface area contributed by atoms with E-state index in [1.165, 1.54) is 5.56 Å². The SMILES string of the molecule is I.NC(=O)C(O)C1CCN(CC(O)CCc2ccccc2)CC1. The maximum Gasteiger partial charge on any atom is 0.246 e. The van der Waals surface area contributed by atoms with Gasteiger partial charge in [0.2, 0.25) is 5.91 Å². The van der Waals surface area contributed by atoms with Crippen molar-refractivity contribution in [2.75, 3.05) is 19.6 Å². The number of carbonyl (C=O) groups excluding carboxylic acids is 1. The maximum absolute atomic E-state index is 11.0. The third-order valence-electron chi connectivity index (χ3n) is 4.45. The molecular formula is C17H27IN2O3. The van der Waals surface area contributed by atoms with Gasteiger partial charge in [0.25, 0.3) is 0 Å². The molecule has 1 aromatic carbocycles. The van der Waals surface area contributed by atoms with Crippen molar-refractivity contribution in [3.05, 3.63) is 35.9 Å². The Labute approximate surface area is 154 Å². The van der Waals surface area contributed by atoms with Crippen molar-refractivity contribution in [2.24, 2.45) is 11.7 Å². The number of likely N-dealkylation sites (tertiary alicyclic amines) is 1. The summed E-state index contributed by atoms with van der Waals surface area (Å²) in [4.78, 5) is 13.2. The molecule has 1 aromatic rings. The lowest BCUT2D eigenvalue weighted by Gasteiger charge is -2.34. The Balaban J connectivity index is 0.00000264. The van der Waals surface area contributed by atoms with Crippen LogP contribution in [0.2, 0.25) is 0 Å². The van der Waals surface area contributed by atoms with Crippen molar-refractivity contribution >= 4 is 29.9 Å². The molecule has 1 fully saturated rings. The molecule has 1 aliphatic rings. The van der Waals surface area contributed by atoms with Gasteiger partial charge in [-0.2, -0.15) is 0 Å². The first-order valence-electron chi connectivity index (χ1n) is 7.98. The summed E-state index contributed by atoms with van der Waals surface area (Å²) in [6.45, 7) is 2.22. The van der Waals surface area contributed by atoms with Gasteiger partial charge < -0.3 is 20.8 Å². The Hall–Kier alpha value is -0.700. The normalized spacial score (nSPS) is 18.9. The topological polar surface area (TPSA) is 86.8 Å². The second-order valence-corrected chi connectivity index (χ2v) is 6.16. The van der Waals surface area contributed by atoms with E-state index in [0.29, 0.717) is 6.54 Å². The summed E-state index contributed by atoms with van der Waals surface area (Å²) in [5.41, 5.74) is 6.38. The molecule has 0 saturated carbocycles. The molecule has 0 radical (unpaired) electrons. The maximum atomic E-state index is 11.0. The van der Waals surface area contributed by atoms with Gasteiger partial charge >= 0.3 is 0 Å². The molecule has 2 rings (SSSR count). The number of nitrogens with two attached hydrogens (primary N) is 1. The first-order chi connectivity index (χ1) is 10.6. The highest BCUT2D eigenvalue weighted by atomic mass is 127. The van der Waals surface area contributed by atoms with Gasteiger partial charge in [-0.3, -0.25) is 4.79 Å². The molecule has 0 aliphatic carbocycles. The van der Waals surface area contributed by atoms with Crippen LogP contribution in [0.5, 0.6) is 0 Å². The largest absolute Gasteiger partial charge is 0.392 e. The summed E-state index contributed by atoms with van der Waals surface area (Å²) in [7, 11) is 0. The number of aryl methyl sites for hydroxylation is 1. The summed E-state index contributed by atoms with van der Waals surface area (Å²) < 4.78 is 0. The summed E-state index contributed by atoms with van der Waals surface area (Å²) in [6, 6.07) is 10.2. The summed E-state index contributed by atoms with van der Waals surface area (Å²) in [5, 5.41) is 19.8. The number of carbonyl (C=O) groups is 1. The van der Waals surface area contributed by atoms with Gasteiger partial charge in [0.15, 0.2) is 0 Å². The molecule has 0 bridgehead atoms. The molecule has 0 spiro atoms. The number of primary amides is 1. The number of hydrogen-bond donors (Lipinski definition) is 3. The number of halogens is 1. The van der Waals surface area contributed by atoms with E-state index in [9.17, 15) is 15.0 Å². The van der Waals surface area contributed by atoms with E-state index >= 15 is 0 Å². The van der Waals surface area contributed by atoms with Gasteiger partial charge in [0.05, 0.1) is 6.10 Å². The number of hydrogen-bond acceptors (Lipinski definition) is 4. The number of β-amino-alcohol motifs (C(OH)–C–C–N with tert-alkyl or cyclic N) is 1. The number of aliphatic hydroxyl groups excluding tert-OH is 2. The summed E-state index contributed by atoms with van der Waals surface area (Å²) in [5.74, 6) is -0.684. The fraction of sp³-hybridized carbons (Fsp3) is 0.588. The molecule has 1 heterocycles. The van der Waals surface area contributed by atoms with E-state index in [1.54, 1.807) is 0 Å². The first-order valence-corrected chi connectivity index (χ1v) is 7.98. The highest BCUT2D eigenvalue weighted by Gasteiger charge is 2.28. The van der Waals surface area contributed by atoms with Crippen molar-refractivity contribution in [3.63, 3.8) is 0 Å². The van der Waals surface area contributed by atoms with Crippen molar-refractivity contribution in [1.29, 1.82) is 0 Å². The van der Waals surface area contributed by atoms with E-state index in [0.717, 1.165) is 38.8 Å². The van der Waals surface area contributed by atoms with Crippen LogP contribution in [-0.2, 0) is 11.2 Å². The Morgan fingerprint density at radius 2 is 1.83 bits per heavy atom. The fourth-order valence-corrected chi connectivity index (χ4v) is 3.05. The molecule has 1 saturated heterocycles. The van der Waals surface area contributed by atoms with E-state index in [-0.39, 0.29) is 36.0 Å². The van der Waals surface area contributed by atoms with Crippen molar-refractivity contribution in [1.82, 2.24) is 4.90 Å². The van der Waals surface area contributed by atoms with Crippen molar-refractivity contribution in [2.45, 2.75) is 37.9 Å². The van der Waals surface area contributed by atoms with Crippen LogP contribution in [0.3, 0.4) is 0 Å². The number of amides is 1. The van der Waals surface area contributed by atoms with Crippen LogP contribution in [0.25, 0.3) is 0 Å². The summed E-state index contributed by atoms with van der Waals surface area (Å²) in [6.07, 6.45) is 1.72. The second-order valence-electron chi connectivity index (χ2n) is 6.16. The van der Waals surface area contributed by atoms with Gasteiger partial charge in [0, 0.05) is 6.54 Å². The predicted octanol–water partition coefficient (Wildman–Crippen LogP) is 1.16. The van der Waals surface area contributed by atoms with Gasteiger partial charge in [-0.05, 0) is 50.3 Å². The minimum atomic E-state index is -1.04. The van der Waals surface area contributed by atoms with E-state index in [4.69, 9.17) is 5.73 Å². The zero-order chi connectivity index (χ0) is 15.9. The molecule has 0 aromatic heterocycles. The van der Waals surface area contributed by atoms with Crippen LogP contribution < -0.4 is 5.73 Å². The molecular weight excluding hydrogens is 407 g/mol. The Kier molecular flexibility index (Phi) is 9.04. The van der Waals surface area contributed by atoms with Crippen LogP contribution in [0.4, 0.5) is 0 Å². The molecule has 23 heavy (non-hydrogen) atoms. The summed E-state index contributed by atoms with van der Waals surface area (Å²) >= 11 is 0. The minimum absolute atomic E-state index is 0. The number of nitrogens with zero attached hydrogens (tertiary/aromatic N) is 1. The van der Waals surface area contributed by atoms with Crippen LogP contribution in [0.15, 0.2) is 30.3 Å². The standard InChI is InChI=1S/C17H26N2O3.HI/c18-17(22)16(21)14-8-10-19(11-9-14)12-15(20)7-6-13-4-2-1-3-5-13;/h1-5,14-16,20-21H,6-12H2,(H2,18,22);1H. The number of benzene rings is 1. The van der Waals surface area contributed by atoms with Crippen LogP contribution >= 0.6 is 24.0 Å². The first kappa shape index (κ1) is 20.3. The number of piperidine rings is 1. The number of aliphatic hydroxyl groups is 2. The molecule has 4 N–H and O–H groups in total. The molecule has 130 valence electrons. The Morgan fingerprint density at radius 1 is 1.22 bits per heavy atom. The number of rotatable bonds is 7. The molecule has 1 amide bonds. The third kappa shape index (κ3) is 6.74. The zero-order valence-electron chi connectivity index (χ0n) is 13.3. The fourth-order valence-electron chi connectivity index (χ4n) is 3.05. The van der Waals surface area contributed by atoms with Crippen LogP contribution in [-0.4, -0.2) is 52.9 Å². The van der Waals surface area contributed by atoms with Gasteiger partial charge in [-0.25, -0.2) is 0 Å². The van der Waals surface area contributed by atoms with Gasteiger partial charge in [-0.1, -0.05) is 30.3 Å². The molecule has 1 aliphatic heterocycles. The molecule has 2 atom stereocenters. The van der Waals surface area contributed by atoms with E-state index < -0.39 is 12.0 Å². The zero-order valence-corrected chi connectivity index (χ0v) is 15.6. The Bertz CT molecular complexity index is 464. The smallest absolute Gasteiger partial charge is 0.246 e. The lowest BCUT2D eigenvalue weighted by atomic mass is 9.90. The second kappa shape index (κ2) is 10.2.